The van der Waals surface area contributed by atoms with E-state index < -0.39 is 0 Å². The number of rotatable bonds is 2. The van der Waals surface area contributed by atoms with Crippen LogP contribution in [0.1, 0.15) is 0 Å². The predicted molar refractivity (Wildman–Crippen MR) is 164 cm³/mol. The summed E-state index contributed by atoms with van der Waals surface area (Å²) in [7, 11) is 0. The molecule has 0 aliphatic heterocycles. The Morgan fingerprint density at radius 3 is 2.21 bits per heavy atom. The predicted octanol–water partition coefficient (Wildman–Crippen LogP) is 9.04. The lowest BCUT2D eigenvalue weighted by Crippen LogP contribution is -1.99. The molecule has 0 amide bonds. The van der Waals surface area contributed by atoms with Crippen LogP contribution in [0.15, 0.2) is 122 Å². The second kappa shape index (κ2) is 7.76. The monoisotopic (exact) mass is 516 g/mol. The van der Waals surface area contributed by atoms with E-state index in [2.05, 4.69) is 112 Å². The zero-order valence-corrected chi connectivity index (χ0v) is 21.6. The number of aromatic nitrogens is 4. The van der Waals surface area contributed by atoms with Gasteiger partial charge in [0.05, 0.1) is 43.5 Å². The topological polar surface area (TPSA) is 35.6 Å². The van der Waals surface area contributed by atoms with E-state index in [1.165, 1.54) is 25.9 Å². The Labute approximate surface area is 227 Å². The van der Waals surface area contributed by atoms with Gasteiger partial charge in [-0.3, -0.25) is 9.97 Å². The summed E-state index contributed by atoms with van der Waals surface area (Å²) < 4.78 is 7.35. The first-order valence-corrected chi connectivity index (χ1v) is 13.8. The number of hydrogen-bond acceptors (Lipinski definition) is 3. The minimum absolute atomic E-state index is 0.961. The zero-order valence-electron chi connectivity index (χ0n) is 20.7. The van der Waals surface area contributed by atoms with Crippen molar-refractivity contribution in [3.05, 3.63) is 122 Å². The first kappa shape index (κ1) is 21.0. The molecular weight excluding hydrogens is 496 g/mol. The van der Waals surface area contributed by atoms with Crippen LogP contribution in [-0.4, -0.2) is 19.1 Å². The van der Waals surface area contributed by atoms with Gasteiger partial charge in [0.1, 0.15) is 0 Å². The van der Waals surface area contributed by atoms with E-state index in [1.54, 1.807) is 0 Å². The molecule has 5 heteroatoms. The molecule has 0 aliphatic rings. The normalized spacial score (nSPS) is 12.1. The summed E-state index contributed by atoms with van der Waals surface area (Å²) in [5.41, 5.74) is 8.68. The van der Waals surface area contributed by atoms with E-state index in [9.17, 15) is 0 Å². The van der Waals surface area contributed by atoms with E-state index in [4.69, 9.17) is 9.97 Å². The van der Waals surface area contributed by atoms with Gasteiger partial charge >= 0.3 is 0 Å². The van der Waals surface area contributed by atoms with Crippen LogP contribution >= 0.6 is 11.3 Å². The maximum absolute atomic E-state index is 5.09. The van der Waals surface area contributed by atoms with Crippen molar-refractivity contribution in [3.63, 3.8) is 0 Å². The summed E-state index contributed by atoms with van der Waals surface area (Å²) in [6.07, 6.45) is 3.87. The van der Waals surface area contributed by atoms with Gasteiger partial charge in [-0.1, -0.05) is 66.7 Å². The van der Waals surface area contributed by atoms with Gasteiger partial charge in [0.25, 0.3) is 0 Å². The van der Waals surface area contributed by atoms with Gasteiger partial charge < -0.3 is 9.13 Å². The van der Waals surface area contributed by atoms with Crippen molar-refractivity contribution >= 4 is 75.4 Å². The molecule has 0 aliphatic carbocycles. The van der Waals surface area contributed by atoms with Crippen molar-refractivity contribution in [1.29, 1.82) is 0 Å². The molecule has 0 unspecified atom stereocenters. The Hall–Kier alpha value is -5.00. The highest BCUT2D eigenvalue weighted by atomic mass is 32.1. The fourth-order valence-corrected chi connectivity index (χ4v) is 7.40. The van der Waals surface area contributed by atoms with Crippen LogP contribution in [0.3, 0.4) is 0 Å². The Bertz CT molecular complexity index is 2390. The van der Waals surface area contributed by atoms with Gasteiger partial charge in [-0.2, -0.15) is 0 Å². The molecule has 39 heavy (non-hydrogen) atoms. The Morgan fingerprint density at radius 1 is 0.513 bits per heavy atom. The molecule has 4 aromatic carbocycles. The molecule has 0 spiro atoms. The standard InChI is InChI=1S/C34H20N4S/c1-2-10-21(11-3-1)37-27-17-9-19-35-30(27)25-20-36-31-24-13-4-6-15-26(24)38(33(31)32(25)37)28-16-8-14-23-22-12-5-7-18-29(22)39-34(23)28/h1-20H. The average Bonchev–Trinajstić information content (AvgIpc) is 3.65. The van der Waals surface area contributed by atoms with Gasteiger partial charge in [0, 0.05) is 44.3 Å². The minimum atomic E-state index is 0.961. The summed E-state index contributed by atoms with van der Waals surface area (Å²) in [5, 5.41) is 4.77. The number of thiophene rings is 1. The highest BCUT2D eigenvalue weighted by molar-refractivity contribution is 7.26. The second-order valence-electron chi connectivity index (χ2n) is 9.86. The highest BCUT2D eigenvalue weighted by Crippen LogP contribution is 2.43. The Morgan fingerprint density at radius 2 is 1.28 bits per heavy atom. The van der Waals surface area contributed by atoms with Crippen molar-refractivity contribution in [1.82, 2.24) is 19.1 Å². The SMILES string of the molecule is c1ccc(-n2c3cccnc3c3cnc4c5ccccc5n(-c5cccc6c5sc5ccccc56)c4c32)cc1. The van der Waals surface area contributed by atoms with Crippen molar-refractivity contribution in [2.24, 2.45) is 0 Å². The van der Waals surface area contributed by atoms with Crippen molar-refractivity contribution in [3.8, 4) is 11.4 Å². The van der Waals surface area contributed by atoms with Crippen molar-refractivity contribution < 1.29 is 0 Å². The lowest BCUT2D eigenvalue weighted by atomic mass is 10.1. The number of pyridine rings is 2. The third-order valence-electron chi connectivity index (χ3n) is 7.79. The van der Waals surface area contributed by atoms with Crippen LogP contribution < -0.4 is 0 Å². The van der Waals surface area contributed by atoms with Crippen LogP contribution in [0, 0.1) is 0 Å². The number of hydrogen-bond donors (Lipinski definition) is 0. The first-order valence-electron chi connectivity index (χ1n) is 13.0. The fourth-order valence-electron chi connectivity index (χ4n) is 6.20. The second-order valence-corrected chi connectivity index (χ2v) is 10.9. The van der Waals surface area contributed by atoms with Gasteiger partial charge in [0.15, 0.2) is 0 Å². The number of para-hydroxylation sites is 2. The lowest BCUT2D eigenvalue weighted by Gasteiger charge is -2.12. The van der Waals surface area contributed by atoms with E-state index in [-0.39, 0.29) is 0 Å². The maximum atomic E-state index is 5.09. The Balaban J connectivity index is 1.56. The first-order chi connectivity index (χ1) is 19.4. The zero-order chi connectivity index (χ0) is 25.5. The number of nitrogens with zero attached hydrogens (tertiary/aromatic N) is 4. The number of fused-ring (bicyclic) bond motifs is 10. The molecule has 0 bridgehead atoms. The summed E-state index contributed by atoms with van der Waals surface area (Å²) in [6.45, 7) is 0. The van der Waals surface area contributed by atoms with Crippen LogP contribution in [0.4, 0.5) is 0 Å². The van der Waals surface area contributed by atoms with E-state index >= 15 is 0 Å². The molecule has 0 saturated heterocycles. The fraction of sp³-hybridized carbons (Fsp3) is 0. The van der Waals surface area contributed by atoms with Crippen LogP contribution in [0.5, 0.6) is 0 Å². The molecular formula is C34H20N4S. The van der Waals surface area contributed by atoms with E-state index in [0.29, 0.717) is 0 Å². The van der Waals surface area contributed by atoms with Crippen LogP contribution in [0.25, 0.3) is 75.4 Å². The van der Waals surface area contributed by atoms with E-state index in [0.717, 1.165) is 49.6 Å². The highest BCUT2D eigenvalue weighted by Gasteiger charge is 2.23. The molecule has 0 fully saturated rings. The minimum Gasteiger partial charge on any atom is -0.305 e. The van der Waals surface area contributed by atoms with Gasteiger partial charge in [-0.25, -0.2) is 0 Å². The van der Waals surface area contributed by atoms with Gasteiger partial charge in [-0.05, 0) is 42.5 Å². The smallest absolute Gasteiger partial charge is 0.0985 e. The summed E-state index contributed by atoms with van der Waals surface area (Å²) in [5.74, 6) is 0. The molecule has 5 heterocycles. The summed E-state index contributed by atoms with van der Waals surface area (Å²) in [6, 6.07) is 38.7. The lowest BCUT2D eigenvalue weighted by molar-refractivity contribution is 1.15. The van der Waals surface area contributed by atoms with Gasteiger partial charge in [0.2, 0.25) is 0 Å². The molecule has 4 nitrogen and oxygen atoms in total. The molecule has 0 N–H and O–H groups in total. The Kier molecular flexibility index (Phi) is 4.18. The van der Waals surface area contributed by atoms with Crippen LogP contribution in [0.2, 0.25) is 0 Å². The molecule has 182 valence electrons. The number of benzene rings is 4. The third-order valence-corrected chi connectivity index (χ3v) is 9.00. The quantitative estimate of drug-likeness (QED) is 0.230. The molecule has 0 radical (unpaired) electrons. The third kappa shape index (κ3) is 2.77. The van der Waals surface area contributed by atoms with Crippen molar-refractivity contribution in [2.45, 2.75) is 0 Å². The van der Waals surface area contributed by atoms with Crippen molar-refractivity contribution in [2.75, 3.05) is 0 Å². The molecule has 9 aromatic rings. The largest absolute Gasteiger partial charge is 0.305 e. The van der Waals surface area contributed by atoms with Gasteiger partial charge in [-0.15, -0.1) is 11.3 Å². The summed E-state index contributed by atoms with van der Waals surface area (Å²) in [4.78, 5) is 9.92. The maximum Gasteiger partial charge on any atom is 0.0985 e. The molecule has 9 rings (SSSR count). The molecule has 5 aromatic heterocycles. The average molecular weight is 517 g/mol. The van der Waals surface area contributed by atoms with E-state index in [1.807, 2.05) is 29.8 Å². The van der Waals surface area contributed by atoms with Crippen LogP contribution in [-0.2, 0) is 0 Å². The molecule has 0 atom stereocenters. The molecule has 0 saturated carbocycles. The summed E-state index contributed by atoms with van der Waals surface area (Å²) >= 11 is 1.85.